The topological polar surface area (TPSA) is 21.3 Å². The molecule has 0 amide bonds. The van der Waals surface area contributed by atoms with Crippen molar-refractivity contribution >= 4 is 0 Å². The van der Waals surface area contributed by atoms with Gasteiger partial charge in [-0.3, -0.25) is 0 Å². The zero-order valence-corrected chi connectivity index (χ0v) is 10.2. The van der Waals surface area contributed by atoms with Crippen molar-refractivity contribution in [2.75, 3.05) is 19.8 Å². The molecule has 0 saturated heterocycles. The van der Waals surface area contributed by atoms with E-state index in [9.17, 15) is 0 Å². The van der Waals surface area contributed by atoms with E-state index >= 15 is 0 Å². The summed E-state index contributed by atoms with van der Waals surface area (Å²) in [4.78, 5) is 0. The average molecular weight is 211 g/mol. The largest absolute Gasteiger partial charge is 0.380 e. The van der Waals surface area contributed by atoms with Crippen LogP contribution in [0.1, 0.15) is 46.0 Å². The summed E-state index contributed by atoms with van der Waals surface area (Å²) in [5.74, 6) is 0.899. The fourth-order valence-electron chi connectivity index (χ4n) is 2.48. The van der Waals surface area contributed by atoms with Crippen molar-refractivity contribution < 1.29 is 4.74 Å². The van der Waals surface area contributed by atoms with Crippen LogP contribution in [-0.2, 0) is 4.74 Å². The molecule has 2 rings (SSSR count). The molecule has 0 radical (unpaired) electrons. The van der Waals surface area contributed by atoms with Crippen LogP contribution in [0, 0.1) is 11.3 Å². The first kappa shape index (κ1) is 11.4. The first-order valence-corrected chi connectivity index (χ1v) is 6.47. The molecule has 1 unspecified atom stereocenters. The Bertz CT molecular complexity index is 199. The summed E-state index contributed by atoms with van der Waals surface area (Å²) in [6.07, 6.45) is 6.83. The van der Waals surface area contributed by atoms with Crippen molar-refractivity contribution in [3.63, 3.8) is 0 Å². The maximum Gasteiger partial charge on any atom is 0.0591 e. The number of rotatable bonds is 6. The Kier molecular flexibility index (Phi) is 3.68. The molecule has 2 saturated carbocycles. The predicted octanol–water partition coefficient (Wildman–Crippen LogP) is 2.58. The highest BCUT2D eigenvalue weighted by molar-refractivity contribution is 4.86. The summed E-state index contributed by atoms with van der Waals surface area (Å²) in [7, 11) is 0. The summed E-state index contributed by atoms with van der Waals surface area (Å²) in [6, 6.07) is 0.740. The molecule has 2 aliphatic carbocycles. The molecule has 2 fully saturated rings. The summed E-state index contributed by atoms with van der Waals surface area (Å²) in [6.45, 7) is 7.68. The van der Waals surface area contributed by atoms with Crippen LogP contribution >= 0.6 is 0 Å². The van der Waals surface area contributed by atoms with Crippen LogP contribution in [-0.4, -0.2) is 25.8 Å². The van der Waals surface area contributed by atoms with E-state index in [0.29, 0.717) is 5.41 Å². The van der Waals surface area contributed by atoms with E-state index in [1.165, 1.54) is 32.1 Å². The Morgan fingerprint density at radius 3 is 2.67 bits per heavy atom. The minimum Gasteiger partial charge on any atom is -0.380 e. The number of ether oxygens (including phenoxy) is 1. The van der Waals surface area contributed by atoms with Gasteiger partial charge in [-0.05, 0) is 43.4 Å². The van der Waals surface area contributed by atoms with E-state index in [4.69, 9.17) is 4.74 Å². The van der Waals surface area contributed by atoms with Crippen LogP contribution in [0.5, 0.6) is 0 Å². The molecule has 88 valence electrons. The summed E-state index contributed by atoms with van der Waals surface area (Å²) in [5, 5.41) is 3.61. The smallest absolute Gasteiger partial charge is 0.0591 e. The van der Waals surface area contributed by atoms with Crippen molar-refractivity contribution in [2.24, 2.45) is 11.3 Å². The van der Waals surface area contributed by atoms with Crippen LogP contribution in [0.25, 0.3) is 0 Å². The molecule has 1 N–H and O–H groups in total. The Labute approximate surface area is 93.8 Å². The molecule has 1 atom stereocenters. The highest BCUT2D eigenvalue weighted by atomic mass is 16.5. The van der Waals surface area contributed by atoms with Gasteiger partial charge in [-0.25, -0.2) is 0 Å². The Hall–Kier alpha value is -0.0800. The lowest BCUT2D eigenvalue weighted by Gasteiger charge is -2.17. The van der Waals surface area contributed by atoms with Crippen molar-refractivity contribution in [3.8, 4) is 0 Å². The van der Waals surface area contributed by atoms with Crippen molar-refractivity contribution in [3.05, 3.63) is 0 Å². The maximum atomic E-state index is 5.61. The van der Waals surface area contributed by atoms with E-state index in [1.54, 1.807) is 0 Å². The van der Waals surface area contributed by atoms with Crippen LogP contribution < -0.4 is 5.32 Å². The maximum absolute atomic E-state index is 5.61. The van der Waals surface area contributed by atoms with E-state index in [0.717, 1.165) is 31.7 Å². The van der Waals surface area contributed by atoms with Gasteiger partial charge in [0, 0.05) is 19.2 Å². The van der Waals surface area contributed by atoms with Gasteiger partial charge in [0.05, 0.1) is 6.61 Å². The van der Waals surface area contributed by atoms with Crippen LogP contribution in [0.15, 0.2) is 0 Å². The molecule has 2 aliphatic rings. The highest BCUT2D eigenvalue weighted by Crippen LogP contribution is 2.36. The average Bonchev–Trinajstić information content (AvgIpc) is 2.91. The zero-order valence-electron chi connectivity index (χ0n) is 10.2. The van der Waals surface area contributed by atoms with E-state index in [-0.39, 0.29) is 0 Å². The standard InChI is InChI=1S/C13H25NO/c1-13(2)6-5-12(9-13)14-7-8-15-10-11-3-4-11/h11-12,14H,3-10H2,1-2H3. The molecule has 0 aromatic heterocycles. The molecule has 0 aromatic carbocycles. The normalized spacial score (nSPS) is 29.6. The van der Waals surface area contributed by atoms with Gasteiger partial charge < -0.3 is 10.1 Å². The van der Waals surface area contributed by atoms with Gasteiger partial charge in [0.25, 0.3) is 0 Å². The number of nitrogens with one attached hydrogen (secondary N) is 1. The van der Waals surface area contributed by atoms with Crippen LogP contribution in [0.2, 0.25) is 0 Å². The molecule has 0 aromatic rings. The van der Waals surface area contributed by atoms with Gasteiger partial charge in [-0.1, -0.05) is 13.8 Å². The minimum absolute atomic E-state index is 0.562. The molecule has 0 spiro atoms. The lowest BCUT2D eigenvalue weighted by molar-refractivity contribution is 0.124. The molecular weight excluding hydrogens is 186 g/mol. The third kappa shape index (κ3) is 4.12. The Balaban J connectivity index is 1.47. The van der Waals surface area contributed by atoms with E-state index in [2.05, 4.69) is 19.2 Å². The van der Waals surface area contributed by atoms with Gasteiger partial charge in [0.1, 0.15) is 0 Å². The third-order valence-electron chi connectivity index (χ3n) is 3.70. The fraction of sp³-hybridized carbons (Fsp3) is 1.00. The highest BCUT2D eigenvalue weighted by Gasteiger charge is 2.30. The third-order valence-corrected chi connectivity index (χ3v) is 3.70. The summed E-state index contributed by atoms with van der Waals surface area (Å²) >= 11 is 0. The van der Waals surface area contributed by atoms with Crippen LogP contribution in [0.4, 0.5) is 0 Å². The molecule has 2 nitrogen and oxygen atoms in total. The Morgan fingerprint density at radius 2 is 2.07 bits per heavy atom. The van der Waals surface area contributed by atoms with Gasteiger partial charge in [-0.2, -0.15) is 0 Å². The van der Waals surface area contributed by atoms with Gasteiger partial charge >= 0.3 is 0 Å². The summed E-state index contributed by atoms with van der Waals surface area (Å²) < 4.78 is 5.61. The second-order valence-electron chi connectivity index (χ2n) is 6.08. The van der Waals surface area contributed by atoms with Gasteiger partial charge in [-0.15, -0.1) is 0 Å². The monoisotopic (exact) mass is 211 g/mol. The Morgan fingerprint density at radius 1 is 1.27 bits per heavy atom. The molecular formula is C13H25NO. The minimum atomic E-state index is 0.562. The first-order valence-electron chi connectivity index (χ1n) is 6.47. The predicted molar refractivity (Wildman–Crippen MR) is 63.0 cm³/mol. The molecule has 0 heterocycles. The first-order chi connectivity index (χ1) is 7.16. The lowest BCUT2D eigenvalue weighted by Crippen LogP contribution is -2.30. The van der Waals surface area contributed by atoms with Gasteiger partial charge in [0.15, 0.2) is 0 Å². The lowest BCUT2D eigenvalue weighted by atomic mass is 9.92. The second kappa shape index (κ2) is 4.84. The molecule has 0 bridgehead atoms. The summed E-state index contributed by atoms with van der Waals surface area (Å²) in [5.41, 5.74) is 0.562. The number of hydrogen-bond donors (Lipinski definition) is 1. The molecule has 2 heteroatoms. The fourth-order valence-corrected chi connectivity index (χ4v) is 2.48. The molecule has 0 aliphatic heterocycles. The number of hydrogen-bond acceptors (Lipinski definition) is 2. The van der Waals surface area contributed by atoms with Gasteiger partial charge in [0.2, 0.25) is 0 Å². The second-order valence-corrected chi connectivity index (χ2v) is 6.08. The van der Waals surface area contributed by atoms with E-state index in [1.807, 2.05) is 0 Å². The zero-order chi connectivity index (χ0) is 10.7. The van der Waals surface area contributed by atoms with E-state index < -0.39 is 0 Å². The molecule has 15 heavy (non-hydrogen) atoms. The van der Waals surface area contributed by atoms with Crippen LogP contribution in [0.3, 0.4) is 0 Å². The van der Waals surface area contributed by atoms with Crippen molar-refractivity contribution in [2.45, 2.75) is 52.0 Å². The SMILES string of the molecule is CC1(C)CCC(NCCOCC2CC2)C1. The van der Waals surface area contributed by atoms with Crippen molar-refractivity contribution in [1.82, 2.24) is 5.32 Å². The quantitative estimate of drug-likeness (QED) is 0.682. The van der Waals surface area contributed by atoms with Crippen molar-refractivity contribution in [1.29, 1.82) is 0 Å².